The van der Waals surface area contributed by atoms with Gasteiger partial charge in [-0.25, -0.2) is 14.3 Å². The van der Waals surface area contributed by atoms with Crippen molar-refractivity contribution in [3.63, 3.8) is 0 Å². The number of nitrogens with zero attached hydrogens (tertiary/aromatic N) is 3. The molecule has 1 aromatic heterocycles. The first-order chi connectivity index (χ1) is 13.1. The first-order valence-corrected chi connectivity index (χ1v) is 8.31. The number of aromatic carboxylic acids is 1. The van der Waals surface area contributed by atoms with Crippen LogP contribution in [-0.4, -0.2) is 38.8 Å². The maximum Gasteiger partial charge on any atom is 0.412 e. The van der Waals surface area contributed by atoms with Crippen LogP contribution in [0.2, 0.25) is 0 Å². The van der Waals surface area contributed by atoms with Crippen LogP contribution < -0.4 is 5.32 Å². The number of benzene rings is 2. The molecule has 2 aromatic carbocycles. The lowest BCUT2D eigenvalue weighted by Crippen LogP contribution is -2.20. The van der Waals surface area contributed by atoms with E-state index in [-0.39, 0.29) is 24.0 Å². The minimum Gasteiger partial charge on any atom is -0.476 e. The summed E-state index contributed by atoms with van der Waals surface area (Å²) >= 11 is 0. The molecular formula is C19H16N4O4. The Labute approximate surface area is 154 Å². The number of carbonyl (C=O) groups is 2. The lowest BCUT2D eigenvalue weighted by molar-refractivity contribution is 0.0691. The topological polar surface area (TPSA) is 106 Å². The van der Waals surface area contributed by atoms with E-state index in [1.54, 1.807) is 0 Å². The second-order valence-corrected chi connectivity index (χ2v) is 6.17. The summed E-state index contributed by atoms with van der Waals surface area (Å²) < 4.78 is 6.56. The van der Waals surface area contributed by atoms with Gasteiger partial charge in [-0.3, -0.25) is 5.32 Å². The Morgan fingerprint density at radius 2 is 1.70 bits per heavy atom. The van der Waals surface area contributed by atoms with Crippen molar-refractivity contribution in [1.29, 1.82) is 0 Å². The average Bonchev–Trinajstić information content (AvgIpc) is 3.19. The standard InChI is InChI=1S/C19H16N4O4/c1-23-17(16(18(24)25)21-22-23)20-19(26)27-10-15-13-8-4-2-6-11(13)12-7-3-5-9-14(12)15/h2-9,15H,10H2,1H3,(H,20,26)(H,24,25). The molecule has 1 aliphatic rings. The van der Waals surface area contributed by atoms with Crippen LogP contribution in [0.15, 0.2) is 48.5 Å². The van der Waals surface area contributed by atoms with Gasteiger partial charge in [0.05, 0.1) is 0 Å². The van der Waals surface area contributed by atoms with E-state index in [0.717, 1.165) is 22.3 Å². The molecule has 0 spiro atoms. The van der Waals surface area contributed by atoms with Crippen LogP contribution in [0.3, 0.4) is 0 Å². The quantitative estimate of drug-likeness (QED) is 0.737. The van der Waals surface area contributed by atoms with Gasteiger partial charge in [0, 0.05) is 13.0 Å². The second kappa shape index (κ2) is 6.56. The van der Waals surface area contributed by atoms with Crippen molar-refractivity contribution in [3.05, 3.63) is 65.4 Å². The van der Waals surface area contributed by atoms with Crippen LogP contribution in [0.1, 0.15) is 27.5 Å². The number of rotatable bonds is 4. The maximum absolute atomic E-state index is 12.2. The van der Waals surface area contributed by atoms with Crippen LogP contribution in [0.5, 0.6) is 0 Å². The summed E-state index contributed by atoms with van der Waals surface area (Å²) in [6.07, 6.45) is -0.759. The third-order valence-corrected chi connectivity index (χ3v) is 4.59. The molecule has 1 aliphatic carbocycles. The Morgan fingerprint density at radius 1 is 1.11 bits per heavy atom. The van der Waals surface area contributed by atoms with E-state index in [9.17, 15) is 9.59 Å². The molecule has 8 heteroatoms. The highest BCUT2D eigenvalue weighted by molar-refractivity contribution is 5.95. The first kappa shape index (κ1) is 16.8. The van der Waals surface area contributed by atoms with E-state index in [2.05, 4.69) is 27.8 Å². The predicted octanol–water partition coefficient (Wildman–Crippen LogP) is 2.87. The molecular weight excluding hydrogens is 348 g/mol. The number of amides is 1. The second-order valence-electron chi connectivity index (χ2n) is 6.17. The number of hydrogen-bond donors (Lipinski definition) is 2. The van der Waals surface area contributed by atoms with Crippen LogP contribution >= 0.6 is 0 Å². The number of nitrogens with one attached hydrogen (secondary N) is 1. The molecule has 4 rings (SSSR count). The van der Waals surface area contributed by atoms with Crippen LogP contribution in [0, 0.1) is 0 Å². The number of aryl methyl sites for hydroxylation is 1. The van der Waals surface area contributed by atoms with Gasteiger partial charge in [0.15, 0.2) is 5.82 Å². The third-order valence-electron chi connectivity index (χ3n) is 4.59. The first-order valence-electron chi connectivity index (χ1n) is 8.31. The number of carbonyl (C=O) groups excluding carboxylic acids is 1. The molecule has 1 amide bonds. The van der Waals surface area contributed by atoms with Crippen molar-refractivity contribution >= 4 is 17.9 Å². The summed E-state index contributed by atoms with van der Waals surface area (Å²) in [7, 11) is 1.48. The van der Waals surface area contributed by atoms with Crippen molar-refractivity contribution in [3.8, 4) is 11.1 Å². The number of anilines is 1. The molecule has 3 aromatic rings. The van der Waals surface area contributed by atoms with Gasteiger partial charge in [0.2, 0.25) is 5.69 Å². The highest BCUT2D eigenvalue weighted by Gasteiger charge is 2.29. The molecule has 1 heterocycles. The molecule has 8 nitrogen and oxygen atoms in total. The maximum atomic E-state index is 12.2. The number of aromatic nitrogens is 3. The summed E-state index contributed by atoms with van der Waals surface area (Å²) in [5.74, 6) is -1.39. The van der Waals surface area contributed by atoms with Crippen LogP contribution in [0.4, 0.5) is 10.6 Å². The third kappa shape index (κ3) is 2.91. The van der Waals surface area contributed by atoms with E-state index < -0.39 is 12.1 Å². The van der Waals surface area contributed by atoms with Crippen molar-refractivity contribution in [1.82, 2.24) is 15.0 Å². The molecule has 0 unspecified atom stereocenters. The molecule has 0 saturated heterocycles. The Balaban J connectivity index is 1.52. The Hall–Kier alpha value is -3.68. The van der Waals surface area contributed by atoms with E-state index >= 15 is 0 Å². The molecule has 0 atom stereocenters. The molecule has 0 radical (unpaired) electrons. The summed E-state index contributed by atoms with van der Waals surface area (Å²) in [5.41, 5.74) is 4.11. The Morgan fingerprint density at radius 3 is 2.30 bits per heavy atom. The zero-order valence-electron chi connectivity index (χ0n) is 14.4. The molecule has 0 fully saturated rings. The number of ether oxygens (including phenoxy) is 1. The van der Waals surface area contributed by atoms with Gasteiger partial charge in [-0.05, 0) is 22.3 Å². The van der Waals surface area contributed by atoms with Crippen LogP contribution in [0.25, 0.3) is 11.1 Å². The van der Waals surface area contributed by atoms with Gasteiger partial charge in [-0.15, -0.1) is 5.10 Å². The minimum absolute atomic E-state index is 0.0280. The van der Waals surface area contributed by atoms with E-state index in [1.165, 1.54) is 11.7 Å². The van der Waals surface area contributed by atoms with E-state index in [4.69, 9.17) is 9.84 Å². The smallest absolute Gasteiger partial charge is 0.412 e. The fourth-order valence-corrected chi connectivity index (χ4v) is 3.37. The molecule has 27 heavy (non-hydrogen) atoms. The van der Waals surface area contributed by atoms with Gasteiger partial charge < -0.3 is 9.84 Å². The number of carboxylic acids is 1. The Bertz CT molecular complexity index is 998. The zero-order valence-corrected chi connectivity index (χ0v) is 14.4. The molecule has 0 bridgehead atoms. The Kier molecular flexibility index (Phi) is 4.08. The average molecular weight is 364 g/mol. The minimum atomic E-state index is -1.28. The van der Waals surface area contributed by atoms with Gasteiger partial charge in [-0.2, -0.15) is 0 Å². The molecule has 0 saturated carbocycles. The summed E-state index contributed by atoms with van der Waals surface area (Å²) in [6, 6.07) is 16.0. The summed E-state index contributed by atoms with van der Waals surface area (Å²) in [6.45, 7) is 0.132. The predicted molar refractivity (Wildman–Crippen MR) is 96.7 cm³/mol. The van der Waals surface area contributed by atoms with Gasteiger partial charge >= 0.3 is 12.1 Å². The summed E-state index contributed by atoms with van der Waals surface area (Å²) in [5, 5.41) is 18.6. The highest BCUT2D eigenvalue weighted by Crippen LogP contribution is 2.44. The summed E-state index contributed by atoms with van der Waals surface area (Å²) in [4.78, 5) is 23.4. The molecule has 0 aliphatic heterocycles. The lowest BCUT2D eigenvalue weighted by Gasteiger charge is -2.14. The van der Waals surface area contributed by atoms with Gasteiger partial charge in [-0.1, -0.05) is 53.7 Å². The largest absolute Gasteiger partial charge is 0.476 e. The highest BCUT2D eigenvalue weighted by atomic mass is 16.5. The number of fused-ring (bicyclic) bond motifs is 3. The van der Waals surface area contributed by atoms with E-state index in [1.807, 2.05) is 36.4 Å². The zero-order chi connectivity index (χ0) is 19.0. The van der Waals surface area contributed by atoms with Crippen molar-refractivity contribution < 1.29 is 19.4 Å². The number of hydrogen-bond acceptors (Lipinski definition) is 5. The SMILES string of the molecule is Cn1nnc(C(=O)O)c1NC(=O)OCC1c2ccccc2-c2ccccc21. The number of carboxylic acid groups (broad SMARTS) is 1. The normalized spacial score (nSPS) is 12.3. The van der Waals surface area contributed by atoms with Gasteiger partial charge in [0.25, 0.3) is 0 Å². The fourth-order valence-electron chi connectivity index (χ4n) is 3.37. The van der Waals surface area contributed by atoms with Gasteiger partial charge in [0.1, 0.15) is 6.61 Å². The van der Waals surface area contributed by atoms with E-state index in [0.29, 0.717) is 0 Å². The van der Waals surface area contributed by atoms with Crippen LogP contribution in [-0.2, 0) is 11.8 Å². The fraction of sp³-hybridized carbons (Fsp3) is 0.158. The lowest BCUT2D eigenvalue weighted by atomic mass is 9.98. The van der Waals surface area contributed by atoms with Crippen molar-refractivity contribution in [2.75, 3.05) is 11.9 Å². The molecule has 136 valence electrons. The monoisotopic (exact) mass is 364 g/mol. The van der Waals surface area contributed by atoms with Crippen molar-refractivity contribution in [2.45, 2.75) is 5.92 Å². The van der Waals surface area contributed by atoms with Crippen molar-refractivity contribution in [2.24, 2.45) is 7.05 Å². The molecule has 2 N–H and O–H groups in total.